The number of benzene rings is 1. The quantitative estimate of drug-likeness (QED) is 0.653. The van der Waals surface area contributed by atoms with Crippen LogP contribution in [0.3, 0.4) is 0 Å². The van der Waals surface area contributed by atoms with Crippen LogP contribution in [0.2, 0.25) is 0 Å². The molecule has 0 aliphatic carbocycles. The molecule has 112 valence electrons. The smallest absolute Gasteiger partial charge is 0.258 e. The molecular weight excluding hydrogens is 256 g/mol. The Morgan fingerprint density at radius 1 is 1.25 bits per heavy atom. The molecular formula is C15H24N2O3. The van der Waals surface area contributed by atoms with Crippen LogP contribution in [0, 0.1) is 0 Å². The van der Waals surface area contributed by atoms with Gasteiger partial charge in [0.05, 0.1) is 6.61 Å². The normalized spacial score (nSPS) is 11.2. The van der Waals surface area contributed by atoms with Crippen LogP contribution in [-0.2, 0) is 11.3 Å². The number of amides is 1. The molecule has 0 aliphatic heterocycles. The largest absolute Gasteiger partial charge is 0.484 e. The van der Waals surface area contributed by atoms with E-state index in [2.05, 4.69) is 10.6 Å². The summed E-state index contributed by atoms with van der Waals surface area (Å²) in [5, 5.41) is 14.6. The first kappa shape index (κ1) is 16.5. The third kappa shape index (κ3) is 7.11. The van der Waals surface area contributed by atoms with Gasteiger partial charge >= 0.3 is 0 Å². The van der Waals surface area contributed by atoms with E-state index in [0.29, 0.717) is 18.8 Å². The fourth-order valence-corrected chi connectivity index (χ4v) is 1.62. The SMILES string of the molecule is CC(C)(C)NC(=O)COc1ccc(CNCCO)cc1. The van der Waals surface area contributed by atoms with Gasteiger partial charge in [-0.15, -0.1) is 0 Å². The van der Waals surface area contributed by atoms with Crippen LogP contribution in [0.5, 0.6) is 5.75 Å². The van der Waals surface area contributed by atoms with Crippen LogP contribution in [0.25, 0.3) is 0 Å². The van der Waals surface area contributed by atoms with E-state index < -0.39 is 0 Å². The molecule has 1 aromatic rings. The molecule has 0 fully saturated rings. The van der Waals surface area contributed by atoms with Crippen LogP contribution >= 0.6 is 0 Å². The average molecular weight is 280 g/mol. The summed E-state index contributed by atoms with van der Waals surface area (Å²) in [5.74, 6) is 0.533. The molecule has 5 heteroatoms. The minimum atomic E-state index is -0.247. The molecule has 0 saturated heterocycles. The first-order valence-electron chi connectivity index (χ1n) is 6.75. The summed E-state index contributed by atoms with van der Waals surface area (Å²) < 4.78 is 5.42. The Morgan fingerprint density at radius 2 is 1.90 bits per heavy atom. The maximum Gasteiger partial charge on any atom is 0.258 e. The van der Waals surface area contributed by atoms with Crippen molar-refractivity contribution in [2.75, 3.05) is 19.8 Å². The Kier molecular flexibility index (Phi) is 6.48. The molecule has 0 heterocycles. The number of aliphatic hydroxyl groups is 1. The topological polar surface area (TPSA) is 70.6 Å². The van der Waals surface area contributed by atoms with E-state index in [1.165, 1.54) is 0 Å². The molecule has 0 saturated carbocycles. The zero-order valence-electron chi connectivity index (χ0n) is 12.4. The molecule has 0 radical (unpaired) electrons. The number of hydrogen-bond acceptors (Lipinski definition) is 4. The monoisotopic (exact) mass is 280 g/mol. The molecule has 1 aromatic carbocycles. The van der Waals surface area contributed by atoms with Crippen LogP contribution in [0.15, 0.2) is 24.3 Å². The summed E-state index contributed by atoms with van der Waals surface area (Å²) in [6, 6.07) is 7.53. The van der Waals surface area contributed by atoms with Crippen LogP contribution in [-0.4, -0.2) is 36.3 Å². The van der Waals surface area contributed by atoms with E-state index in [1.807, 2.05) is 45.0 Å². The molecule has 0 atom stereocenters. The molecule has 0 spiro atoms. The molecule has 0 aromatic heterocycles. The summed E-state index contributed by atoms with van der Waals surface area (Å²) in [4.78, 5) is 11.6. The van der Waals surface area contributed by atoms with Gasteiger partial charge in [-0.05, 0) is 38.5 Å². The van der Waals surface area contributed by atoms with Gasteiger partial charge in [0.1, 0.15) is 5.75 Å². The van der Waals surface area contributed by atoms with Crippen molar-refractivity contribution < 1.29 is 14.6 Å². The molecule has 1 rings (SSSR count). The van der Waals surface area contributed by atoms with E-state index in [-0.39, 0.29) is 24.7 Å². The Hall–Kier alpha value is -1.59. The molecule has 0 unspecified atom stereocenters. The second-order valence-electron chi connectivity index (χ2n) is 5.63. The number of carbonyl (C=O) groups is 1. The highest BCUT2D eigenvalue weighted by molar-refractivity contribution is 5.78. The highest BCUT2D eigenvalue weighted by atomic mass is 16.5. The lowest BCUT2D eigenvalue weighted by atomic mass is 10.1. The summed E-state index contributed by atoms with van der Waals surface area (Å²) in [5.41, 5.74) is 0.854. The minimum Gasteiger partial charge on any atom is -0.484 e. The molecule has 3 N–H and O–H groups in total. The molecule has 20 heavy (non-hydrogen) atoms. The summed E-state index contributed by atoms with van der Waals surface area (Å²) in [6.07, 6.45) is 0. The lowest BCUT2D eigenvalue weighted by Gasteiger charge is -2.20. The number of aliphatic hydroxyl groups excluding tert-OH is 1. The van der Waals surface area contributed by atoms with E-state index in [9.17, 15) is 4.79 Å². The number of hydrogen-bond donors (Lipinski definition) is 3. The van der Waals surface area contributed by atoms with Crippen molar-refractivity contribution in [2.45, 2.75) is 32.9 Å². The van der Waals surface area contributed by atoms with Crippen LogP contribution in [0.1, 0.15) is 26.3 Å². The molecule has 5 nitrogen and oxygen atoms in total. The fraction of sp³-hybridized carbons (Fsp3) is 0.533. The second-order valence-corrected chi connectivity index (χ2v) is 5.63. The van der Waals surface area contributed by atoms with Crippen molar-refractivity contribution in [1.82, 2.24) is 10.6 Å². The van der Waals surface area contributed by atoms with E-state index >= 15 is 0 Å². The van der Waals surface area contributed by atoms with Gasteiger partial charge in [-0.2, -0.15) is 0 Å². The standard InChI is InChI=1S/C15H24N2O3/c1-15(2,3)17-14(19)11-20-13-6-4-12(5-7-13)10-16-8-9-18/h4-7,16,18H,8-11H2,1-3H3,(H,17,19). The van der Waals surface area contributed by atoms with Gasteiger partial charge in [0.2, 0.25) is 0 Å². The van der Waals surface area contributed by atoms with Crippen LogP contribution < -0.4 is 15.4 Å². The van der Waals surface area contributed by atoms with Crippen molar-refractivity contribution in [2.24, 2.45) is 0 Å². The van der Waals surface area contributed by atoms with Gasteiger partial charge in [0.25, 0.3) is 5.91 Å². The lowest BCUT2D eigenvalue weighted by molar-refractivity contribution is -0.124. The van der Waals surface area contributed by atoms with Crippen molar-refractivity contribution in [1.29, 1.82) is 0 Å². The number of rotatable bonds is 7. The second kappa shape index (κ2) is 7.87. The first-order valence-corrected chi connectivity index (χ1v) is 6.75. The highest BCUT2D eigenvalue weighted by Crippen LogP contribution is 2.12. The predicted octanol–water partition coefficient (Wildman–Crippen LogP) is 1.06. The number of carbonyl (C=O) groups excluding carboxylic acids is 1. The Balaban J connectivity index is 2.36. The number of nitrogens with one attached hydrogen (secondary N) is 2. The van der Waals surface area contributed by atoms with Crippen molar-refractivity contribution in [3.8, 4) is 5.75 Å². The summed E-state index contributed by atoms with van der Waals surface area (Å²) in [7, 11) is 0. The van der Waals surface area contributed by atoms with Crippen LogP contribution in [0.4, 0.5) is 0 Å². The minimum absolute atomic E-state index is 0.0133. The molecule has 1 amide bonds. The summed E-state index contributed by atoms with van der Waals surface area (Å²) >= 11 is 0. The van der Waals surface area contributed by atoms with Gasteiger partial charge in [0.15, 0.2) is 6.61 Å². The van der Waals surface area contributed by atoms with Crippen molar-refractivity contribution >= 4 is 5.91 Å². The van der Waals surface area contributed by atoms with Crippen molar-refractivity contribution in [3.63, 3.8) is 0 Å². The van der Waals surface area contributed by atoms with Gasteiger partial charge in [-0.1, -0.05) is 12.1 Å². The lowest BCUT2D eigenvalue weighted by Crippen LogP contribution is -2.43. The molecule has 0 aliphatic rings. The predicted molar refractivity (Wildman–Crippen MR) is 78.6 cm³/mol. The van der Waals surface area contributed by atoms with Gasteiger partial charge in [0, 0.05) is 18.6 Å². The fourth-order valence-electron chi connectivity index (χ4n) is 1.62. The van der Waals surface area contributed by atoms with Gasteiger partial charge in [-0.25, -0.2) is 0 Å². The van der Waals surface area contributed by atoms with Crippen molar-refractivity contribution in [3.05, 3.63) is 29.8 Å². The average Bonchev–Trinajstić information content (AvgIpc) is 2.36. The Labute approximate surface area is 120 Å². The molecule has 0 bridgehead atoms. The zero-order valence-corrected chi connectivity index (χ0v) is 12.4. The highest BCUT2D eigenvalue weighted by Gasteiger charge is 2.13. The van der Waals surface area contributed by atoms with Gasteiger partial charge < -0.3 is 20.5 Å². The number of ether oxygens (including phenoxy) is 1. The van der Waals surface area contributed by atoms with E-state index in [4.69, 9.17) is 9.84 Å². The van der Waals surface area contributed by atoms with E-state index in [1.54, 1.807) is 0 Å². The first-order chi connectivity index (χ1) is 9.40. The zero-order chi connectivity index (χ0) is 15.0. The third-order valence-corrected chi connectivity index (χ3v) is 2.43. The summed E-state index contributed by atoms with van der Waals surface area (Å²) in [6.45, 7) is 7.21. The van der Waals surface area contributed by atoms with E-state index in [0.717, 1.165) is 5.56 Å². The maximum absolute atomic E-state index is 11.6. The Bertz CT molecular complexity index is 410. The third-order valence-electron chi connectivity index (χ3n) is 2.43. The van der Waals surface area contributed by atoms with Gasteiger partial charge in [-0.3, -0.25) is 4.79 Å². The Morgan fingerprint density at radius 3 is 2.45 bits per heavy atom. The maximum atomic E-state index is 11.6.